The number of nitrogens with one attached hydrogen (secondary N) is 1. The molecule has 0 aliphatic heterocycles. The van der Waals surface area contributed by atoms with Crippen molar-refractivity contribution in [3.8, 4) is 17.6 Å². The van der Waals surface area contributed by atoms with Crippen molar-refractivity contribution in [2.75, 3.05) is 12.8 Å². The molecule has 2 saturated carbocycles. The average molecular weight is 545 g/mol. The summed E-state index contributed by atoms with van der Waals surface area (Å²) in [5.74, 6) is -7.01. The van der Waals surface area contributed by atoms with E-state index in [9.17, 15) is 42.6 Å². The number of phenols is 1. The van der Waals surface area contributed by atoms with Crippen LogP contribution in [0.1, 0.15) is 41.8 Å². The maximum Gasteiger partial charge on any atom is 0.235 e. The molecule has 0 bridgehead atoms. The van der Waals surface area contributed by atoms with E-state index in [4.69, 9.17) is 5.73 Å². The smallest absolute Gasteiger partial charge is 0.235 e. The van der Waals surface area contributed by atoms with E-state index in [2.05, 4.69) is 16.6 Å². The summed E-state index contributed by atoms with van der Waals surface area (Å²) >= 11 is 0. The first kappa shape index (κ1) is 27.6. The summed E-state index contributed by atoms with van der Waals surface area (Å²) in [5, 5.41) is 22.1. The second kappa shape index (κ2) is 9.41. The number of ketones is 4. The van der Waals surface area contributed by atoms with Crippen molar-refractivity contribution in [3.63, 3.8) is 0 Å². The van der Waals surface area contributed by atoms with Gasteiger partial charge in [0.05, 0.1) is 24.3 Å². The van der Waals surface area contributed by atoms with Crippen molar-refractivity contribution in [2.45, 2.75) is 32.3 Å². The Morgan fingerprint density at radius 1 is 1.21 bits per heavy atom. The molecule has 38 heavy (non-hydrogen) atoms. The predicted molar refractivity (Wildman–Crippen MR) is 132 cm³/mol. The van der Waals surface area contributed by atoms with Crippen molar-refractivity contribution in [1.29, 1.82) is 0 Å². The van der Waals surface area contributed by atoms with Gasteiger partial charge in [0.2, 0.25) is 15.9 Å². The topological polar surface area (TPSA) is 198 Å². The Morgan fingerprint density at radius 3 is 2.45 bits per heavy atom. The third-order valence-corrected chi connectivity index (χ3v) is 8.51. The number of primary amides is 1. The van der Waals surface area contributed by atoms with Gasteiger partial charge in [-0.3, -0.25) is 24.0 Å². The fourth-order valence-corrected chi connectivity index (χ4v) is 6.61. The minimum absolute atomic E-state index is 0.0396. The van der Waals surface area contributed by atoms with Gasteiger partial charge in [0, 0.05) is 17.4 Å². The average Bonchev–Trinajstić information content (AvgIpc) is 2.79. The first-order valence-corrected chi connectivity index (χ1v) is 14.0. The molecule has 3 aliphatic carbocycles. The summed E-state index contributed by atoms with van der Waals surface area (Å²) in [6.07, 6.45) is 1.02. The molecule has 4 rings (SSSR count). The number of aromatic hydroxyl groups is 1. The predicted octanol–water partition coefficient (Wildman–Crippen LogP) is -0.890. The van der Waals surface area contributed by atoms with E-state index in [1.54, 1.807) is 13.8 Å². The molecule has 2 fully saturated rings. The zero-order valence-corrected chi connectivity index (χ0v) is 21.8. The summed E-state index contributed by atoms with van der Waals surface area (Å²) in [5.41, 5.74) is 3.09. The van der Waals surface area contributed by atoms with E-state index < -0.39 is 85.9 Å². The number of Topliss-reactive ketones (excluding diaryl/α,β-unsaturated/α-hetero) is 4. The Labute approximate surface area is 219 Å². The van der Waals surface area contributed by atoms with E-state index in [1.165, 1.54) is 12.1 Å². The number of sulfonamides is 1. The molecule has 5 N–H and O–H groups in total. The molecule has 12 heteroatoms. The van der Waals surface area contributed by atoms with Crippen molar-refractivity contribution in [1.82, 2.24) is 4.72 Å². The first-order valence-electron chi connectivity index (χ1n) is 12.1. The lowest BCUT2D eigenvalue weighted by Crippen LogP contribution is -2.71. The highest BCUT2D eigenvalue weighted by Gasteiger charge is 2.69. The third-order valence-electron chi connectivity index (χ3n) is 7.84. The highest BCUT2D eigenvalue weighted by atomic mass is 32.2. The van der Waals surface area contributed by atoms with Gasteiger partial charge in [0.25, 0.3) is 0 Å². The normalized spacial score (nSPS) is 30.7. The van der Waals surface area contributed by atoms with Gasteiger partial charge in [-0.25, -0.2) is 13.1 Å². The standard InChI is InChI=1S/C26H28N2O9S/c1-11(2)17-15-10-13-9-14-12(5-4-8-28-38(3,36)37)6-7-16(29)19(14)22(31)18(13)23(32)26(15,35)24(33)20(21(17)30)25(27)34/h6-7,11,13,15,17-18,20,28-29,35H,8-10H2,1-3H3,(H2,27,34)/t13-,15-,17-,18?,20?,26-/m0/s1. The zero-order chi connectivity index (χ0) is 28.3. The lowest BCUT2D eigenvalue weighted by atomic mass is 9.49. The monoisotopic (exact) mass is 544 g/mol. The van der Waals surface area contributed by atoms with Crippen LogP contribution in [0.5, 0.6) is 5.75 Å². The molecule has 202 valence electrons. The molecule has 0 radical (unpaired) electrons. The molecule has 3 aliphatic rings. The van der Waals surface area contributed by atoms with E-state index in [0.717, 1.165) is 6.26 Å². The van der Waals surface area contributed by atoms with E-state index in [-0.39, 0.29) is 24.9 Å². The van der Waals surface area contributed by atoms with Crippen LogP contribution in [0.3, 0.4) is 0 Å². The zero-order valence-electron chi connectivity index (χ0n) is 21.0. The molecular formula is C26H28N2O9S. The van der Waals surface area contributed by atoms with Crippen LogP contribution in [-0.4, -0.2) is 66.1 Å². The molecule has 2 unspecified atom stereocenters. The van der Waals surface area contributed by atoms with Crippen molar-refractivity contribution in [2.24, 2.45) is 41.2 Å². The fourth-order valence-electron chi connectivity index (χ4n) is 6.28. The third kappa shape index (κ3) is 4.24. The summed E-state index contributed by atoms with van der Waals surface area (Å²) in [7, 11) is -3.47. The minimum atomic E-state index is -3.47. The highest BCUT2D eigenvalue weighted by molar-refractivity contribution is 7.88. The van der Waals surface area contributed by atoms with Crippen molar-refractivity contribution < 1.29 is 42.6 Å². The second-order valence-electron chi connectivity index (χ2n) is 10.5. The molecule has 11 nitrogen and oxygen atoms in total. The molecule has 0 saturated heterocycles. The van der Waals surface area contributed by atoms with Gasteiger partial charge in [-0.2, -0.15) is 0 Å². The summed E-state index contributed by atoms with van der Waals surface area (Å²) < 4.78 is 24.8. The number of aliphatic hydroxyl groups is 1. The van der Waals surface area contributed by atoms with Crippen LogP contribution < -0.4 is 10.5 Å². The maximum absolute atomic E-state index is 13.8. The van der Waals surface area contributed by atoms with Gasteiger partial charge in [0.15, 0.2) is 34.7 Å². The van der Waals surface area contributed by atoms with Gasteiger partial charge in [-0.1, -0.05) is 25.7 Å². The van der Waals surface area contributed by atoms with Gasteiger partial charge in [-0.05, 0) is 42.4 Å². The van der Waals surface area contributed by atoms with Crippen LogP contribution in [0.2, 0.25) is 0 Å². The summed E-state index contributed by atoms with van der Waals surface area (Å²) in [6.45, 7) is 3.15. The molecule has 0 heterocycles. The Bertz CT molecular complexity index is 1450. The Hall–Kier alpha value is -3.40. The second-order valence-corrected chi connectivity index (χ2v) is 12.4. The molecule has 1 aromatic carbocycles. The molecule has 0 aromatic heterocycles. The first-order chi connectivity index (χ1) is 17.6. The van der Waals surface area contributed by atoms with Gasteiger partial charge >= 0.3 is 0 Å². The van der Waals surface area contributed by atoms with Crippen molar-refractivity contribution >= 4 is 39.1 Å². The minimum Gasteiger partial charge on any atom is -0.507 e. The highest BCUT2D eigenvalue weighted by Crippen LogP contribution is 2.53. The number of rotatable bonds is 4. The number of hydrogen-bond donors (Lipinski definition) is 4. The number of fused-ring (bicyclic) bond motifs is 3. The number of hydrogen-bond acceptors (Lipinski definition) is 9. The van der Waals surface area contributed by atoms with Gasteiger partial charge in [-0.15, -0.1) is 0 Å². The summed E-state index contributed by atoms with van der Waals surface area (Å²) in [4.78, 5) is 65.8. The van der Waals surface area contributed by atoms with E-state index in [1.807, 2.05) is 0 Å². The Kier molecular flexibility index (Phi) is 6.84. The Balaban J connectivity index is 1.80. The van der Waals surface area contributed by atoms with E-state index in [0.29, 0.717) is 11.1 Å². The quantitative estimate of drug-likeness (QED) is 0.274. The number of carbonyl (C=O) groups is 5. The van der Waals surface area contributed by atoms with Crippen LogP contribution in [0.15, 0.2) is 12.1 Å². The van der Waals surface area contributed by atoms with Crippen LogP contribution >= 0.6 is 0 Å². The molecule has 1 aromatic rings. The number of nitrogens with two attached hydrogens (primary N) is 1. The largest absolute Gasteiger partial charge is 0.507 e. The molecule has 0 spiro atoms. The summed E-state index contributed by atoms with van der Waals surface area (Å²) in [6, 6.07) is 2.69. The van der Waals surface area contributed by atoms with Crippen LogP contribution in [0.4, 0.5) is 0 Å². The van der Waals surface area contributed by atoms with E-state index >= 15 is 0 Å². The van der Waals surface area contributed by atoms with Gasteiger partial charge < -0.3 is 15.9 Å². The van der Waals surface area contributed by atoms with Crippen LogP contribution in [-0.2, 0) is 35.6 Å². The number of carbonyl (C=O) groups excluding carboxylic acids is 5. The molecule has 6 atom stereocenters. The van der Waals surface area contributed by atoms with Crippen LogP contribution in [0.25, 0.3) is 0 Å². The number of amides is 1. The molecular weight excluding hydrogens is 516 g/mol. The lowest BCUT2D eigenvalue weighted by molar-refractivity contribution is -0.182. The van der Waals surface area contributed by atoms with Gasteiger partial charge in [0.1, 0.15) is 5.75 Å². The number of benzene rings is 1. The lowest BCUT2D eigenvalue weighted by Gasteiger charge is -2.52. The fraction of sp³-hybridized carbons (Fsp3) is 0.500. The van der Waals surface area contributed by atoms with Crippen molar-refractivity contribution in [3.05, 3.63) is 28.8 Å². The SMILES string of the molecule is CC(C)[C@@H]1C(=O)C(C(N)=O)C(=O)[C@@]2(O)C(=O)C3C(=O)c4c(O)ccc(C#CCNS(C)(=O)=O)c4C[C@H]3C[C@@H]12. The maximum atomic E-state index is 13.8. The Morgan fingerprint density at radius 2 is 1.87 bits per heavy atom. The van der Waals surface area contributed by atoms with Crippen LogP contribution in [0, 0.1) is 47.3 Å². The molecule has 1 amide bonds. The number of phenolic OH excluding ortho intramolecular Hbond substituents is 1.